The number of hydrazone groups is 4. The van der Waals surface area contributed by atoms with Gasteiger partial charge >= 0.3 is 0 Å². The lowest BCUT2D eigenvalue weighted by molar-refractivity contribution is -0.131. The number of nitrogens with one attached hydrogen (secondary N) is 14. The van der Waals surface area contributed by atoms with Gasteiger partial charge in [0, 0.05) is 96.5 Å². The van der Waals surface area contributed by atoms with Crippen LogP contribution in [0.25, 0.3) is 0 Å². The first-order valence-corrected chi connectivity index (χ1v) is 45.4. The molecule has 0 aliphatic rings. The first-order chi connectivity index (χ1) is 58.1. The maximum atomic E-state index is 14.1. The van der Waals surface area contributed by atoms with Crippen LogP contribution in [0.5, 0.6) is 0 Å². The zero-order valence-electron chi connectivity index (χ0n) is 73.5. The van der Waals surface area contributed by atoms with Crippen molar-refractivity contribution in [2.75, 3.05) is 78.8 Å². The Balaban J connectivity index is 5.87. The lowest BCUT2D eigenvalue weighted by Crippen LogP contribution is -2.51. The number of aliphatic imine (C=N–C) groups is 1. The topological polar surface area (TPSA) is 490 Å². The Kier molecular flexibility index (Phi) is 80.1. The van der Waals surface area contributed by atoms with Gasteiger partial charge in [0.15, 0.2) is 32.4 Å². The molecular formula is C84H161N21O14. The van der Waals surface area contributed by atoms with Crippen LogP contribution >= 0.6 is 0 Å². The van der Waals surface area contributed by atoms with E-state index in [1.807, 2.05) is 0 Å². The van der Waals surface area contributed by atoms with Crippen LogP contribution in [0.1, 0.15) is 349 Å². The van der Waals surface area contributed by atoms with Gasteiger partial charge in [-0.1, -0.05) is 259 Å². The molecule has 119 heavy (non-hydrogen) atoms. The molecule has 0 fully saturated rings. The number of carbonyl (C=O) groups excluding carboxylic acids is 10. The van der Waals surface area contributed by atoms with Crippen LogP contribution in [0.4, 0.5) is 0 Å². The molecule has 0 spiro atoms. The number of nitrogens with zero attached hydrogens (tertiary/aromatic N) is 5. The molecule has 0 aliphatic heterocycles. The molecule has 10 amide bonds. The summed E-state index contributed by atoms with van der Waals surface area (Å²) in [6.07, 6.45) is 57.0. The summed E-state index contributed by atoms with van der Waals surface area (Å²) in [5.74, 6) is -6.73. The van der Waals surface area contributed by atoms with E-state index in [0.29, 0.717) is 0 Å². The molecule has 0 bridgehead atoms. The van der Waals surface area contributed by atoms with Gasteiger partial charge in [-0.15, -0.1) is 0 Å². The van der Waals surface area contributed by atoms with Gasteiger partial charge in [-0.2, -0.15) is 42.8 Å². The summed E-state index contributed by atoms with van der Waals surface area (Å²) in [7, 11) is 0. The van der Waals surface area contributed by atoms with E-state index in [0.717, 1.165) is 77.0 Å². The van der Waals surface area contributed by atoms with Gasteiger partial charge in [-0.25, -0.2) is 24.3 Å². The molecule has 0 heterocycles. The van der Waals surface area contributed by atoms with E-state index in [1.54, 1.807) is 24.9 Å². The quantitative estimate of drug-likeness (QED) is 0.0117. The number of guanidine groups is 1. The van der Waals surface area contributed by atoms with E-state index in [4.69, 9.17) is 30.8 Å². The minimum Gasteiger partial charge on any atom is -0.370 e. The predicted octanol–water partition coefficient (Wildman–Crippen LogP) is 9.14. The number of amides is 10. The summed E-state index contributed by atoms with van der Waals surface area (Å²) < 4.78 is 0. The number of carbonyl (C=O) groups is 10. The first kappa shape index (κ1) is 111. The monoisotopic (exact) mass is 1690 g/mol. The minimum atomic E-state index is -1.50. The Morgan fingerprint density at radius 2 is 0.496 bits per heavy atom. The molecule has 35 heteroatoms. The van der Waals surface area contributed by atoms with Crippen LogP contribution in [0.15, 0.2) is 25.4 Å². The van der Waals surface area contributed by atoms with Gasteiger partial charge < -0.3 is 64.6 Å². The van der Waals surface area contributed by atoms with Crippen molar-refractivity contribution in [2.45, 2.75) is 367 Å². The van der Waals surface area contributed by atoms with Crippen LogP contribution in [0.3, 0.4) is 0 Å². The summed E-state index contributed by atoms with van der Waals surface area (Å²) in [5.41, 5.74) is 21.2. The van der Waals surface area contributed by atoms with Crippen molar-refractivity contribution in [3.8, 4) is 0 Å². The van der Waals surface area contributed by atoms with Crippen molar-refractivity contribution in [1.29, 1.82) is 0 Å². The maximum Gasteiger partial charge on any atom is 0.248 e. The molecule has 0 saturated heterocycles. The molecule has 0 unspecified atom stereocenters. The zero-order chi connectivity index (χ0) is 87.0. The average Bonchev–Trinajstić information content (AvgIpc) is 0.874. The number of rotatable bonds is 87. The second kappa shape index (κ2) is 86.1. The second-order valence-electron chi connectivity index (χ2n) is 30.2. The van der Waals surface area contributed by atoms with Crippen LogP contribution in [-0.2, 0) is 67.3 Å². The Morgan fingerprint density at radius 3 is 0.756 bits per heavy atom. The van der Waals surface area contributed by atoms with Crippen LogP contribution in [0, 0.1) is 0 Å². The maximum absolute atomic E-state index is 14.1. The van der Waals surface area contributed by atoms with Crippen molar-refractivity contribution in [2.24, 2.45) is 36.9 Å². The van der Waals surface area contributed by atoms with Gasteiger partial charge in [-0.05, 0) is 70.6 Å². The highest BCUT2D eigenvalue weighted by Crippen LogP contribution is 2.16. The molecule has 686 valence electrons. The summed E-state index contributed by atoms with van der Waals surface area (Å²) in [6, 6.07) is -4.23. The largest absolute Gasteiger partial charge is 0.370 e. The molecule has 3 atom stereocenters. The van der Waals surface area contributed by atoms with Gasteiger partial charge in [0.2, 0.25) is 59.1 Å². The fraction of sp³-hybridized carbons (Fsp3) is 0.821. The van der Waals surface area contributed by atoms with E-state index in [-0.39, 0.29) is 104 Å². The van der Waals surface area contributed by atoms with E-state index in [1.165, 1.54) is 205 Å². The Bertz CT molecular complexity index is 2720. The summed E-state index contributed by atoms with van der Waals surface area (Å²) in [4.78, 5) is 157. The van der Waals surface area contributed by atoms with Crippen molar-refractivity contribution >= 4 is 89.9 Å². The molecular weight excluding hydrogens is 1530 g/mol. The van der Waals surface area contributed by atoms with Gasteiger partial charge in [0.25, 0.3) is 0 Å². The Hall–Kier alpha value is -8.31. The molecule has 0 rings (SSSR count). The number of hydrogen-bond donors (Lipinski definition) is 16. The third-order valence-corrected chi connectivity index (χ3v) is 19.3. The van der Waals surface area contributed by atoms with Gasteiger partial charge in [-0.3, -0.25) is 47.9 Å². The van der Waals surface area contributed by atoms with E-state index < -0.39 is 96.2 Å². The van der Waals surface area contributed by atoms with Crippen molar-refractivity contribution in [1.82, 2.24) is 75.5 Å². The van der Waals surface area contributed by atoms with Crippen molar-refractivity contribution < 1.29 is 67.3 Å². The summed E-state index contributed by atoms with van der Waals surface area (Å²) >= 11 is 0. The van der Waals surface area contributed by atoms with Gasteiger partial charge in [0.1, 0.15) is 18.1 Å². The molecule has 0 aromatic heterocycles. The summed E-state index contributed by atoms with van der Waals surface area (Å²) in [6.45, 7) is 7.19. The van der Waals surface area contributed by atoms with Crippen molar-refractivity contribution in [3.63, 3.8) is 0 Å². The van der Waals surface area contributed by atoms with Gasteiger partial charge in [0.05, 0.1) is 0 Å². The molecule has 0 aromatic rings. The average molecular weight is 1690 g/mol. The highest BCUT2D eigenvalue weighted by atomic mass is 16.7. The molecule has 0 aromatic carbocycles. The molecule has 0 aliphatic carbocycles. The fourth-order valence-electron chi connectivity index (χ4n) is 12.4. The lowest BCUT2D eigenvalue weighted by atomic mass is 10.1. The Morgan fingerprint density at radius 1 is 0.269 bits per heavy atom. The third-order valence-electron chi connectivity index (χ3n) is 19.3. The lowest BCUT2D eigenvalue weighted by Gasteiger charge is -2.22. The molecule has 35 nitrogen and oxygen atoms in total. The fourth-order valence-corrected chi connectivity index (χ4v) is 12.4. The first-order valence-electron chi connectivity index (χ1n) is 45.4. The van der Waals surface area contributed by atoms with Crippen LogP contribution in [0.2, 0.25) is 0 Å². The SMILES string of the molecule is CCCCCCCCCCCC/C=N/NOCC(=O)NCCNC(=O)CC[C@H](NC(=O)CC[C@H](N=C(N)N)C(=O)N[C@@H](CCC(=O)NCCNC(=O)CON/N=C/CCCCCCCCCCCC)C(=O)NCCNC(=O)CON/N=C/CCCCCCCCCCCC)C(=O)NCCNC(=O)CON/N=C/CCCCCCCCCCCC. The highest BCUT2D eigenvalue weighted by Gasteiger charge is 2.29. The van der Waals surface area contributed by atoms with Crippen molar-refractivity contribution in [3.05, 3.63) is 0 Å². The second-order valence-corrected chi connectivity index (χ2v) is 30.2. The summed E-state index contributed by atoms with van der Waals surface area (Å²) in [5, 5.41) is 42.3. The third kappa shape index (κ3) is 79.3. The number of nitrogens with two attached hydrogens (primary N) is 2. The van der Waals surface area contributed by atoms with E-state index >= 15 is 0 Å². The van der Waals surface area contributed by atoms with Crippen LogP contribution in [-0.4, -0.2) is 187 Å². The predicted molar refractivity (Wildman–Crippen MR) is 471 cm³/mol. The molecule has 0 saturated carbocycles. The normalized spacial score (nSPS) is 12.1. The zero-order valence-corrected chi connectivity index (χ0v) is 73.5. The smallest absolute Gasteiger partial charge is 0.248 e. The number of hydrogen-bond acceptors (Lipinski definition) is 23. The van der Waals surface area contributed by atoms with E-state index in [2.05, 4.69) is 129 Å². The molecule has 0 radical (unpaired) electrons. The van der Waals surface area contributed by atoms with Crippen LogP contribution < -0.4 is 87.0 Å². The minimum absolute atomic E-state index is 0.00210. The molecule has 18 N–H and O–H groups in total. The van der Waals surface area contributed by atoms with E-state index in [9.17, 15) is 47.9 Å². The number of unbranched alkanes of at least 4 members (excludes halogenated alkanes) is 40. The Labute approximate surface area is 712 Å². The highest BCUT2D eigenvalue weighted by molar-refractivity contribution is 5.93. The standard InChI is InChI=1S/C84H161N21O14/c1-5-9-13-17-21-25-29-33-37-41-45-55-95-102-116-67-77(109)89-61-59-87-74(106)52-49-71(81(113)93-65-63-91-79(111)69-118-104-97-57-47-43-39-35-31-27-23-19-15-11-7-3)99-76(108)54-51-73(101-84(85)86)83(115)100-72(82(114)94-66-64-92-80(112)70-119-105-98-58-48-44-40-36-32-28-24-20-16-12-8-4)50-53-75(107)88-60-62-90-78(110)68-117-103-96-56-46-42-38-34-30-26-22-18-14-10-6-2/h55-58,71-73,102-105H,5-54,59-70H2,1-4H3,(H,87,106)(H,88,107)(H,89,109)(H,90,110)(H,91,111)(H,92,112)(H,93,113)(H,94,114)(H,99,108)(H,100,115)(H4,85,86,101)/b95-55+,96-56+,97-57+,98-58+/t71-,72-,73-/m0/s1.